The summed E-state index contributed by atoms with van der Waals surface area (Å²) < 4.78 is 0. The molecule has 0 radical (unpaired) electrons. The first-order valence-electron chi connectivity index (χ1n) is 6.75. The quantitative estimate of drug-likeness (QED) is 0.784. The monoisotopic (exact) mass is 232 g/mol. The molecule has 1 heterocycles. The van der Waals surface area contributed by atoms with Crippen molar-refractivity contribution >= 4 is 0 Å². The van der Waals surface area contributed by atoms with Crippen molar-refractivity contribution in [1.82, 2.24) is 10.2 Å². The van der Waals surface area contributed by atoms with Gasteiger partial charge in [-0.1, -0.05) is 38.1 Å². The minimum Gasteiger partial charge on any atom is -0.315 e. The summed E-state index contributed by atoms with van der Waals surface area (Å²) in [6, 6.07) is 8.84. The van der Waals surface area contributed by atoms with Crippen LogP contribution in [0.5, 0.6) is 0 Å². The van der Waals surface area contributed by atoms with E-state index in [2.05, 4.69) is 48.3 Å². The summed E-state index contributed by atoms with van der Waals surface area (Å²) in [7, 11) is 0. The Morgan fingerprint density at radius 3 is 2.76 bits per heavy atom. The summed E-state index contributed by atoms with van der Waals surface area (Å²) >= 11 is 0. The topological polar surface area (TPSA) is 15.3 Å². The van der Waals surface area contributed by atoms with E-state index < -0.39 is 0 Å². The SMILES string of the molecule is CC(C)CNCCN1CCc2ccccc2C1. The lowest BCUT2D eigenvalue weighted by Gasteiger charge is -2.28. The van der Waals surface area contributed by atoms with Crippen LogP contribution < -0.4 is 5.32 Å². The van der Waals surface area contributed by atoms with Crippen LogP contribution in [0.15, 0.2) is 24.3 Å². The van der Waals surface area contributed by atoms with E-state index in [1.54, 1.807) is 5.56 Å². The van der Waals surface area contributed by atoms with E-state index in [9.17, 15) is 0 Å². The van der Waals surface area contributed by atoms with Gasteiger partial charge in [-0.05, 0) is 30.0 Å². The van der Waals surface area contributed by atoms with Crippen molar-refractivity contribution in [2.45, 2.75) is 26.8 Å². The van der Waals surface area contributed by atoms with Crippen LogP contribution in [0.4, 0.5) is 0 Å². The van der Waals surface area contributed by atoms with Crippen LogP contribution in [0.25, 0.3) is 0 Å². The second-order valence-corrected chi connectivity index (χ2v) is 5.39. The van der Waals surface area contributed by atoms with Crippen molar-refractivity contribution in [2.24, 2.45) is 5.92 Å². The maximum Gasteiger partial charge on any atom is 0.0237 e. The Labute approximate surface area is 105 Å². The number of fused-ring (bicyclic) bond motifs is 1. The average Bonchev–Trinajstić information content (AvgIpc) is 2.34. The molecule has 1 aliphatic heterocycles. The molecule has 1 N–H and O–H groups in total. The molecule has 1 aromatic rings. The molecule has 0 spiro atoms. The van der Waals surface area contributed by atoms with Gasteiger partial charge in [0, 0.05) is 26.2 Å². The maximum absolute atomic E-state index is 3.51. The van der Waals surface area contributed by atoms with Crippen LogP contribution in [0, 0.1) is 5.92 Å². The number of hydrogen-bond donors (Lipinski definition) is 1. The molecule has 1 aromatic carbocycles. The summed E-state index contributed by atoms with van der Waals surface area (Å²) in [6.45, 7) is 10.3. The molecule has 2 heteroatoms. The van der Waals surface area contributed by atoms with Gasteiger partial charge in [0.05, 0.1) is 0 Å². The Balaban J connectivity index is 1.75. The predicted octanol–water partition coefficient (Wildman–Crippen LogP) is 2.29. The molecule has 94 valence electrons. The number of rotatable bonds is 5. The van der Waals surface area contributed by atoms with Crippen molar-refractivity contribution < 1.29 is 0 Å². The summed E-state index contributed by atoms with van der Waals surface area (Å²) in [4.78, 5) is 2.55. The van der Waals surface area contributed by atoms with Gasteiger partial charge in [0.15, 0.2) is 0 Å². The Morgan fingerprint density at radius 2 is 2.00 bits per heavy atom. The molecular weight excluding hydrogens is 208 g/mol. The third kappa shape index (κ3) is 3.83. The van der Waals surface area contributed by atoms with Crippen molar-refractivity contribution in [3.63, 3.8) is 0 Å². The van der Waals surface area contributed by atoms with E-state index in [0.29, 0.717) is 0 Å². The number of nitrogens with one attached hydrogen (secondary N) is 1. The molecule has 0 fully saturated rings. The highest BCUT2D eigenvalue weighted by Gasteiger charge is 2.14. The van der Waals surface area contributed by atoms with E-state index in [1.165, 1.54) is 25.1 Å². The summed E-state index contributed by atoms with van der Waals surface area (Å²) in [6.07, 6.45) is 1.21. The Hall–Kier alpha value is -0.860. The van der Waals surface area contributed by atoms with Crippen molar-refractivity contribution in [3.05, 3.63) is 35.4 Å². The summed E-state index contributed by atoms with van der Waals surface area (Å²) in [5.74, 6) is 0.747. The first-order valence-corrected chi connectivity index (χ1v) is 6.75. The van der Waals surface area contributed by atoms with Gasteiger partial charge in [0.2, 0.25) is 0 Å². The molecule has 0 aliphatic carbocycles. The van der Waals surface area contributed by atoms with Crippen LogP contribution in [-0.4, -0.2) is 31.1 Å². The number of nitrogens with zero attached hydrogens (tertiary/aromatic N) is 1. The second kappa shape index (κ2) is 6.18. The van der Waals surface area contributed by atoms with Gasteiger partial charge in [-0.25, -0.2) is 0 Å². The average molecular weight is 232 g/mol. The second-order valence-electron chi connectivity index (χ2n) is 5.39. The third-order valence-corrected chi connectivity index (χ3v) is 3.37. The van der Waals surface area contributed by atoms with Crippen LogP contribution in [0.1, 0.15) is 25.0 Å². The molecule has 0 unspecified atom stereocenters. The molecule has 0 amide bonds. The van der Waals surface area contributed by atoms with Gasteiger partial charge in [0.1, 0.15) is 0 Å². The van der Waals surface area contributed by atoms with Gasteiger partial charge in [-0.15, -0.1) is 0 Å². The van der Waals surface area contributed by atoms with E-state index in [4.69, 9.17) is 0 Å². The van der Waals surface area contributed by atoms with E-state index in [-0.39, 0.29) is 0 Å². The Morgan fingerprint density at radius 1 is 1.24 bits per heavy atom. The minimum atomic E-state index is 0.747. The predicted molar refractivity (Wildman–Crippen MR) is 73.1 cm³/mol. The van der Waals surface area contributed by atoms with E-state index in [1.807, 2.05) is 0 Å². The molecule has 0 saturated carbocycles. The lowest BCUT2D eigenvalue weighted by Crippen LogP contribution is -2.36. The molecule has 2 rings (SSSR count). The van der Waals surface area contributed by atoms with Gasteiger partial charge in [0.25, 0.3) is 0 Å². The fraction of sp³-hybridized carbons (Fsp3) is 0.600. The standard InChI is InChI=1S/C15H24N2/c1-13(2)11-16-8-10-17-9-7-14-5-3-4-6-15(14)12-17/h3-6,13,16H,7-12H2,1-2H3. The van der Waals surface area contributed by atoms with Gasteiger partial charge in [-0.3, -0.25) is 4.90 Å². The highest BCUT2D eigenvalue weighted by atomic mass is 15.1. The fourth-order valence-electron chi connectivity index (χ4n) is 2.37. The molecule has 2 nitrogen and oxygen atoms in total. The number of benzene rings is 1. The van der Waals surface area contributed by atoms with Crippen LogP contribution >= 0.6 is 0 Å². The summed E-state index contributed by atoms with van der Waals surface area (Å²) in [5, 5.41) is 3.51. The fourth-order valence-corrected chi connectivity index (χ4v) is 2.37. The van der Waals surface area contributed by atoms with Gasteiger partial charge in [-0.2, -0.15) is 0 Å². The van der Waals surface area contributed by atoms with Crippen molar-refractivity contribution in [3.8, 4) is 0 Å². The molecule has 0 aromatic heterocycles. The molecule has 0 atom stereocenters. The third-order valence-electron chi connectivity index (χ3n) is 3.37. The lowest BCUT2D eigenvalue weighted by atomic mass is 10.00. The zero-order chi connectivity index (χ0) is 12.1. The molecule has 0 bridgehead atoms. The Bertz CT molecular complexity index is 347. The first kappa shape index (κ1) is 12.6. The minimum absolute atomic E-state index is 0.747. The van der Waals surface area contributed by atoms with Crippen molar-refractivity contribution in [2.75, 3.05) is 26.2 Å². The molecule has 17 heavy (non-hydrogen) atoms. The molecule has 1 aliphatic rings. The van der Waals surface area contributed by atoms with Gasteiger partial charge >= 0.3 is 0 Å². The normalized spacial score (nSPS) is 16.2. The van der Waals surface area contributed by atoms with Crippen molar-refractivity contribution in [1.29, 1.82) is 0 Å². The van der Waals surface area contributed by atoms with Crippen LogP contribution in [-0.2, 0) is 13.0 Å². The van der Waals surface area contributed by atoms with E-state index in [0.717, 1.165) is 25.6 Å². The highest BCUT2D eigenvalue weighted by Crippen LogP contribution is 2.17. The number of hydrogen-bond acceptors (Lipinski definition) is 2. The Kier molecular flexibility index (Phi) is 4.57. The zero-order valence-electron chi connectivity index (χ0n) is 11.1. The molecule has 0 saturated heterocycles. The zero-order valence-corrected chi connectivity index (χ0v) is 11.1. The van der Waals surface area contributed by atoms with Crippen LogP contribution in [0.3, 0.4) is 0 Å². The lowest BCUT2D eigenvalue weighted by molar-refractivity contribution is 0.253. The first-order chi connectivity index (χ1) is 8.25. The van der Waals surface area contributed by atoms with Crippen LogP contribution in [0.2, 0.25) is 0 Å². The highest BCUT2D eigenvalue weighted by molar-refractivity contribution is 5.28. The van der Waals surface area contributed by atoms with Gasteiger partial charge < -0.3 is 5.32 Å². The largest absolute Gasteiger partial charge is 0.315 e. The smallest absolute Gasteiger partial charge is 0.0237 e. The summed E-state index contributed by atoms with van der Waals surface area (Å²) in [5.41, 5.74) is 3.06. The molecular formula is C15H24N2. The maximum atomic E-state index is 3.51. The van der Waals surface area contributed by atoms with E-state index >= 15 is 0 Å².